The number of Topliss-reactive ketones (excluding diaryl/α,β-unsaturated/α-hetero) is 1. The number of benzene rings is 1. The van der Waals surface area contributed by atoms with Crippen LogP contribution in [0.25, 0.3) is 0 Å². The first-order chi connectivity index (χ1) is 7.20. The van der Waals surface area contributed by atoms with Gasteiger partial charge < -0.3 is 9.84 Å². The van der Waals surface area contributed by atoms with Gasteiger partial charge in [-0.3, -0.25) is 4.79 Å². The summed E-state index contributed by atoms with van der Waals surface area (Å²) in [7, 11) is 0. The Morgan fingerprint density at radius 3 is 2.33 bits per heavy atom. The lowest BCUT2D eigenvalue weighted by atomic mass is 10.3. The monoisotopic (exact) mass is 210 g/mol. The Kier molecular flexibility index (Phi) is 7.28. The lowest BCUT2D eigenvalue weighted by Gasteiger charge is -2.08. The van der Waals surface area contributed by atoms with Crippen molar-refractivity contribution in [2.75, 3.05) is 6.61 Å². The Balaban J connectivity index is 0.000000921. The molecule has 84 valence electrons. The fourth-order valence-electron chi connectivity index (χ4n) is 0.809. The molecule has 0 aliphatic carbocycles. The third-order valence-corrected chi connectivity index (χ3v) is 1.62. The molecule has 0 fully saturated rings. The molecule has 0 saturated heterocycles. The summed E-state index contributed by atoms with van der Waals surface area (Å²) in [4.78, 5) is 10.6. The number of aliphatic hydroxyl groups excluding tert-OH is 1. The van der Waals surface area contributed by atoms with Crippen LogP contribution >= 0.6 is 0 Å². The minimum Gasteiger partial charge on any atom is -0.490 e. The van der Waals surface area contributed by atoms with Crippen LogP contribution in [0.3, 0.4) is 0 Å². The molecule has 0 saturated carbocycles. The first-order valence-corrected chi connectivity index (χ1v) is 5.06. The SMILES string of the molecule is CC.CC(=O)[C@@H](O)COc1ccccc1. The second-order valence-electron chi connectivity index (χ2n) is 2.75. The average Bonchev–Trinajstić information content (AvgIpc) is 2.30. The maximum atomic E-state index is 10.6. The van der Waals surface area contributed by atoms with Crippen molar-refractivity contribution < 1.29 is 14.6 Å². The van der Waals surface area contributed by atoms with Crippen molar-refractivity contribution in [2.45, 2.75) is 26.9 Å². The number of aliphatic hydroxyl groups is 1. The molecule has 1 aromatic carbocycles. The van der Waals surface area contributed by atoms with Gasteiger partial charge in [-0.25, -0.2) is 0 Å². The highest BCUT2D eigenvalue weighted by Gasteiger charge is 2.09. The number of carbonyl (C=O) groups excluding carboxylic acids is 1. The van der Waals surface area contributed by atoms with Crippen LogP contribution in [0.4, 0.5) is 0 Å². The van der Waals surface area contributed by atoms with Crippen LogP contribution in [-0.2, 0) is 4.79 Å². The van der Waals surface area contributed by atoms with Crippen LogP contribution in [0, 0.1) is 0 Å². The minimum atomic E-state index is -1.03. The predicted molar refractivity (Wildman–Crippen MR) is 60.0 cm³/mol. The highest BCUT2D eigenvalue weighted by molar-refractivity contribution is 5.80. The molecule has 0 unspecified atom stereocenters. The fraction of sp³-hybridized carbons (Fsp3) is 0.417. The number of hydrogen-bond acceptors (Lipinski definition) is 3. The molecule has 1 atom stereocenters. The second kappa shape index (κ2) is 8.00. The molecule has 0 amide bonds. The Morgan fingerprint density at radius 1 is 1.33 bits per heavy atom. The standard InChI is InChI=1S/C10H12O3.C2H6/c1-8(11)10(12)7-13-9-5-3-2-4-6-9;1-2/h2-6,10,12H,7H2,1H3;1-2H3/t10-;/m0./s1. The number of carbonyl (C=O) groups is 1. The van der Waals surface area contributed by atoms with Gasteiger partial charge in [0.05, 0.1) is 0 Å². The lowest BCUT2D eigenvalue weighted by Crippen LogP contribution is -2.24. The summed E-state index contributed by atoms with van der Waals surface area (Å²) >= 11 is 0. The maximum Gasteiger partial charge on any atom is 0.161 e. The van der Waals surface area contributed by atoms with Gasteiger partial charge in [0.15, 0.2) is 5.78 Å². The number of para-hydroxylation sites is 1. The Bertz CT molecular complexity index is 269. The molecule has 0 aromatic heterocycles. The highest BCUT2D eigenvalue weighted by Crippen LogP contribution is 2.08. The van der Waals surface area contributed by atoms with Crippen molar-refractivity contribution >= 4 is 5.78 Å². The molecule has 3 heteroatoms. The van der Waals surface area contributed by atoms with Crippen molar-refractivity contribution in [1.29, 1.82) is 0 Å². The Labute approximate surface area is 90.7 Å². The number of ether oxygens (including phenoxy) is 1. The molecule has 0 spiro atoms. The van der Waals surface area contributed by atoms with Gasteiger partial charge in [-0.2, -0.15) is 0 Å². The molecule has 0 radical (unpaired) electrons. The molecule has 0 aliphatic heterocycles. The van der Waals surface area contributed by atoms with E-state index in [1.54, 1.807) is 12.1 Å². The summed E-state index contributed by atoms with van der Waals surface area (Å²) in [6.45, 7) is 5.35. The zero-order valence-electron chi connectivity index (χ0n) is 9.43. The van der Waals surface area contributed by atoms with Crippen LogP contribution in [0.15, 0.2) is 30.3 Å². The Morgan fingerprint density at radius 2 is 1.87 bits per heavy atom. The number of ketones is 1. The van der Waals surface area contributed by atoms with Gasteiger partial charge in [-0.1, -0.05) is 32.0 Å². The molecule has 15 heavy (non-hydrogen) atoms. The van der Waals surface area contributed by atoms with Crippen LogP contribution in [-0.4, -0.2) is 23.6 Å². The van der Waals surface area contributed by atoms with E-state index in [1.807, 2.05) is 32.0 Å². The van der Waals surface area contributed by atoms with E-state index in [1.165, 1.54) is 6.92 Å². The average molecular weight is 210 g/mol. The van der Waals surface area contributed by atoms with E-state index in [4.69, 9.17) is 9.84 Å². The van der Waals surface area contributed by atoms with Gasteiger partial charge in [0.1, 0.15) is 18.5 Å². The van der Waals surface area contributed by atoms with Gasteiger partial charge in [0.25, 0.3) is 0 Å². The zero-order valence-corrected chi connectivity index (χ0v) is 9.43. The third-order valence-electron chi connectivity index (χ3n) is 1.62. The van der Waals surface area contributed by atoms with Gasteiger partial charge >= 0.3 is 0 Å². The molecule has 0 bridgehead atoms. The molecule has 1 aromatic rings. The zero-order chi connectivity index (χ0) is 11.7. The normalized spacial score (nSPS) is 10.9. The first-order valence-electron chi connectivity index (χ1n) is 5.06. The van der Waals surface area contributed by atoms with Gasteiger partial charge in [-0.15, -0.1) is 0 Å². The van der Waals surface area contributed by atoms with Gasteiger partial charge in [0, 0.05) is 0 Å². The molecule has 3 nitrogen and oxygen atoms in total. The van der Waals surface area contributed by atoms with E-state index >= 15 is 0 Å². The summed E-state index contributed by atoms with van der Waals surface area (Å²) in [5.74, 6) is 0.374. The summed E-state index contributed by atoms with van der Waals surface area (Å²) in [5.41, 5.74) is 0. The van der Waals surface area contributed by atoms with Crippen LogP contribution in [0.2, 0.25) is 0 Å². The molecule has 1 rings (SSSR count). The molecule has 1 N–H and O–H groups in total. The largest absolute Gasteiger partial charge is 0.490 e. The van der Waals surface area contributed by atoms with E-state index in [-0.39, 0.29) is 12.4 Å². The van der Waals surface area contributed by atoms with Crippen molar-refractivity contribution in [1.82, 2.24) is 0 Å². The summed E-state index contributed by atoms with van der Waals surface area (Å²) in [5, 5.41) is 9.11. The first kappa shape index (κ1) is 13.7. The predicted octanol–water partition coefficient (Wildman–Crippen LogP) is 2.04. The van der Waals surface area contributed by atoms with E-state index in [0.29, 0.717) is 5.75 Å². The topological polar surface area (TPSA) is 46.5 Å². The minimum absolute atomic E-state index is 0.0132. The smallest absolute Gasteiger partial charge is 0.161 e. The van der Waals surface area contributed by atoms with E-state index in [2.05, 4.69) is 0 Å². The van der Waals surface area contributed by atoms with Crippen LogP contribution in [0.5, 0.6) is 5.75 Å². The number of rotatable bonds is 4. The van der Waals surface area contributed by atoms with Crippen LogP contribution < -0.4 is 4.74 Å². The molecular formula is C12H18O3. The van der Waals surface area contributed by atoms with Crippen molar-refractivity contribution in [3.8, 4) is 5.75 Å². The van der Waals surface area contributed by atoms with Crippen molar-refractivity contribution in [2.24, 2.45) is 0 Å². The quantitative estimate of drug-likeness (QED) is 0.827. The van der Waals surface area contributed by atoms with Crippen LogP contribution in [0.1, 0.15) is 20.8 Å². The van der Waals surface area contributed by atoms with Crippen molar-refractivity contribution in [3.63, 3.8) is 0 Å². The molecule has 0 heterocycles. The summed E-state index contributed by atoms with van der Waals surface area (Å²) in [6.07, 6.45) is -1.03. The maximum absolute atomic E-state index is 10.6. The van der Waals surface area contributed by atoms with Crippen molar-refractivity contribution in [3.05, 3.63) is 30.3 Å². The summed E-state index contributed by atoms with van der Waals surface area (Å²) in [6, 6.07) is 9.07. The fourth-order valence-corrected chi connectivity index (χ4v) is 0.809. The molecule has 0 aliphatic rings. The van der Waals surface area contributed by atoms with Gasteiger partial charge in [-0.05, 0) is 19.1 Å². The third kappa shape index (κ3) is 5.86. The lowest BCUT2D eigenvalue weighted by molar-refractivity contribution is -0.126. The van der Waals surface area contributed by atoms with E-state index in [0.717, 1.165) is 0 Å². The number of hydrogen-bond donors (Lipinski definition) is 1. The second-order valence-corrected chi connectivity index (χ2v) is 2.75. The molecular weight excluding hydrogens is 192 g/mol. The Hall–Kier alpha value is -1.35. The highest BCUT2D eigenvalue weighted by atomic mass is 16.5. The van der Waals surface area contributed by atoms with Gasteiger partial charge in [0.2, 0.25) is 0 Å². The van der Waals surface area contributed by atoms with E-state index in [9.17, 15) is 4.79 Å². The summed E-state index contributed by atoms with van der Waals surface area (Å²) < 4.78 is 5.16. The van der Waals surface area contributed by atoms with E-state index < -0.39 is 6.10 Å².